The van der Waals surface area contributed by atoms with Gasteiger partial charge < -0.3 is 15.4 Å². The highest BCUT2D eigenvalue weighted by Crippen LogP contribution is 2.44. The van der Waals surface area contributed by atoms with Crippen LogP contribution in [0.25, 0.3) is 5.82 Å². The third-order valence-corrected chi connectivity index (χ3v) is 7.19. The van der Waals surface area contributed by atoms with E-state index < -0.39 is 51.5 Å². The van der Waals surface area contributed by atoms with E-state index in [1.54, 1.807) is 6.07 Å². The van der Waals surface area contributed by atoms with Gasteiger partial charge in [-0.1, -0.05) is 6.07 Å². The zero-order chi connectivity index (χ0) is 28.2. The second-order valence-electron chi connectivity index (χ2n) is 9.47. The highest BCUT2D eigenvalue weighted by molar-refractivity contribution is 7.91. The van der Waals surface area contributed by atoms with Crippen LogP contribution < -0.4 is 15.4 Å². The van der Waals surface area contributed by atoms with Crippen LogP contribution in [0.1, 0.15) is 33.6 Å². The van der Waals surface area contributed by atoms with Crippen LogP contribution >= 0.6 is 0 Å². The number of alkyl halides is 3. The Bertz CT molecular complexity index is 1590. The van der Waals surface area contributed by atoms with Crippen molar-refractivity contribution in [3.05, 3.63) is 64.7 Å². The molecule has 15 heteroatoms. The van der Waals surface area contributed by atoms with E-state index in [0.29, 0.717) is 24.0 Å². The molecule has 1 spiro atoms. The molecule has 0 saturated carbocycles. The molecule has 2 aromatic heterocycles. The highest BCUT2D eigenvalue weighted by atomic mass is 32.2. The van der Waals surface area contributed by atoms with Gasteiger partial charge in [-0.25, -0.2) is 17.8 Å². The molecule has 5 rings (SSSR count). The summed E-state index contributed by atoms with van der Waals surface area (Å²) in [6, 6.07) is 6.90. The third kappa shape index (κ3) is 5.44. The first kappa shape index (κ1) is 26.6. The summed E-state index contributed by atoms with van der Waals surface area (Å²) in [7, 11) is -3.69. The van der Waals surface area contributed by atoms with Crippen LogP contribution in [-0.2, 0) is 33.0 Å². The smallest absolute Gasteiger partial charge is 0.422 e. The fraction of sp³-hybridized carbons (Fsp3) is 0.333. The molecule has 39 heavy (non-hydrogen) atoms. The lowest BCUT2D eigenvalue weighted by atomic mass is 9.82. The van der Waals surface area contributed by atoms with Crippen LogP contribution in [0.3, 0.4) is 0 Å². The Kier molecular flexibility index (Phi) is 6.36. The van der Waals surface area contributed by atoms with E-state index in [1.165, 1.54) is 18.2 Å². The number of benzene rings is 1. The summed E-state index contributed by atoms with van der Waals surface area (Å²) in [6.07, 6.45) is -1.65. The minimum Gasteiger partial charge on any atom is -0.484 e. The zero-order valence-electron chi connectivity index (χ0n) is 20.3. The van der Waals surface area contributed by atoms with Gasteiger partial charge in [-0.05, 0) is 48.2 Å². The molecule has 0 radical (unpaired) electrons. The van der Waals surface area contributed by atoms with Crippen molar-refractivity contribution in [3.8, 4) is 11.6 Å². The lowest BCUT2D eigenvalue weighted by Gasteiger charge is -2.35. The summed E-state index contributed by atoms with van der Waals surface area (Å²) in [4.78, 5) is 29.9. The summed E-state index contributed by atoms with van der Waals surface area (Å²) < 4.78 is 80.4. The maximum atomic E-state index is 13.5. The fourth-order valence-electron chi connectivity index (χ4n) is 4.91. The van der Waals surface area contributed by atoms with Crippen LogP contribution in [0.15, 0.2) is 36.5 Å². The number of halogens is 4. The number of nitrogens with zero attached hydrogens (tertiary/aromatic N) is 3. The van der Waals surface area contributed by atoms with Crippen molar-refractivity contribution in [1.29, 1.82) is 0 Å². The molecule has 0 bridgehead atoms. The Morgan fingerprint density at radius 1 is 1.26 bits per heavy atom. The highest BCUT2D eigenvalue weighted by Gasteiger charge is 2.47. The summed E-state index contributed by atoms with van der Waals surface area (Å²) in [5.74, 6) is -3.00. The van der Waals surface area contributed by atoms with Gasteiger partial charge in [-0.15, -0.1) is 0 Å². The van der Waals surface area contributed by atoms with Gasteiger partial charge in [-0.3, -0.25) is 9.59 Å². The molecule has 206 valence electrons. The van der Waals surface area contributed by atoms with E-state index in [4.69, 9.17) is 4.74 Å². The van der Waals surface area contributed by atoms with Crippen molar-refractivity contribution in [3.63, 3.8) is 0 Å². The standard InChI is InChI=1S/C24H21F4N5O5S/c1-39(36,37)11-19(34)30-21-20-17(32-33(21)18-5-2-14(25)10-29-18)9-23(31-22(20)35)7-6-13-8-15(3-4-16(13)23)38-12-24(26,27)28/h2-5,8,10H,6-7,9,11-12H2,1H3,(H,30,34)(H,31,35)/t23-/m0/s1. The van der Waals surface area contributed by atoms with Crippen molar-refractivity contribution in [1.82, 2.24) is 20.1 Å². The van der Waals surface area contributed by atoms with Crippen molar-refractivity contribution in [2.75, 3.05) is 23.9 Å². The number of carbonyl (C=O) groups is 2. The molecule has 2 N–H and O–H groups in total. The predicted molar refractivity (Wildman–Crippen MR) is 129 cm³/mol. The van der Waals surface area contributed by atoms with Crippen molar-refractivity contribution in [2.24, 2.45) is 0 Å². The van der Waals surface area contributed by atoms with Crippen LogP contribution in [0, 0.1) is 5.82 Å². The number of pyridine rings is 1. The van der Waals surface area contributed by atoms with Crippen LogP contribution in [-0.4, -0.2) is 59.8 Å². The number of hydrogen-bond donors (Lipinski definition) is 2. The lowest BCUT2D eigenvalue weighted by Crippen LogP contribution is -2.49. The first-order chi connectivity index (χ1) is 18.2. The van der Waals surface area contributed by atoms with Crippen LogP contribution in [0.2, 0.25) is 0 Å². The maximum Gasteiger partial charge on any atom is 0.422 e. The number of fused-ring (bicyclic) bond motifs is 3. The molecule has 1 aromatic carbocycles. The molecule has 1 aliphatic carbocycles. The Morgan fingerprint density at radius 3 is 2.69 bits per heavy atom. The van der Waals surface area contributed by atoms with Crippen LogP contribution in [0.5, 0.6) is 5.75 Å². The second kappa shape index (κ2) is 9.32. The van der Waals surface area contributed by atoms with Crippen molar-refractivity contribution >= 4 is 27.5 Å². The zero-order valence-corrected chi connectivity index (χ0v) is 21.1. The molecule has 3 aromatic rings. The Hall–Kier alpha value is -4.01. The van der Waals surface area contributed by atoms with Gasteiger partial charge in [0.2, 0.25) is 5.91 Å². The summed E-state index contributed by atoms with van der Waals surface area (Å²) in [5.41, 5.74) is 0.737. The predicted octanol–water partition coefficient (Wildman–Crippen LogP) is 2.46. The average molecular weight is 568 g/mol. The minimum atomic E-state index is -4.49. The van der Waals surface area contributed by atoms with Gasteiger partial charge in [0.1, 0.15) is 22.9 Å². The molecule has 3 heterocycles. The third-order valence-electron chi connectivity index (χ3n) is 6.40. The monoisotopic (exact) mass is 567 g/mol. The van der Waals surface area contributed by atoms with Gasteiger partial charge in [-0.2, -0.15) is 23.0 Å². The summed E-state index contributed by atoms with van der Waals surface area (Å²) >= 11 is 0. The minimum absolute atomic E-state index is 0.00724. The fourth-order valence-corrected chi connectivity index (χ4v) is 5.46. The summed E-state index contributed by atoms with van der Waals surface area (Å²) in [5, 5.41) is 9.86. The van der Waals surface area contributed by atoms with E-state index in [0.717, 1.165) is 23.2 Å². The number of sulfone groups is 1. The number of anilines is 1. The second-order valence-corrected chi connectivity index (χ2v) is 11.6. The van der Waals surface area contributed by atoms with Gasteiger partial charge in [0.15, 0.2) is 28.1 Å². The molecular formula is C24H21F4N5O5S. The Balaban J connectivity index is 1.52. The number of amides is 2. The summed E-state index contributed by atoms with van der Waals surface area (Å²) in [6.45, 7) is -1.43. The number of carbonyl (C=O) groups excluding carboxylic acids is 2. The topological polar surface area (TPSA) is 132 Å². The first-order valence-electron chi connectivity index (χ1n) is 11.6. The molecule has 2 amide bonds. The maximum absolute atomic E-state index is 13.5. The molecule has 1 atom stereocenters. The van der Waals surface area contributed by atoms with Crippen molar-refractivity contribution < 1.29 is 40.3 Å². The van der Waals surface area contributed by atoms with E-state index in [9.17, 15) is 35.6 Å². The van der Waals surface area contributed by atoms with Gasteiger partial charge in [0.05, 0.1) is 17.4 Å². The molecule has 0 saturated heterocycles. The lowest BCUT2D eigenvalue weighted by molar-refractivity contribution is -0.153. The average Bonchev–Trinajstić information content (AvgIpc) is 3.35. The number of rotatable bonds is 6. The van der Waals surface area contributed by atoms with Crippen molar-refractivity contribution in [2.45, 2.75) is 31.0 Å². The molecule has 2 aliphatic rings. The van der Waals surface area contributed by atoms with E-state index >= 15 is 0 Å². The normalized spacial score (nSPS) is 18.4. The molecule has 0 unspecified atom stereocenters. The van der Waals surface area contributed by atoms with Gasteiger partial charge in [0, 0.05) is 12.7 Å². The van der Waals surface area contributed by atoms with E-state index in [2.05, 4.69) is 20.7 Å². The SMILES string of the molecule is CS(=O)(=O)CC(=O)Nc1c2c(nn1-c1ccc(F)cn1)C[C@]1(CCc3cc(OCC(F)(F)F)ccc31)NC2=O. The molecule has 1 aliphatic heterocycles. The van der Waals surface area contributed by atoms with E-state index in [1.807, 2.05) is 0 Å². The number of ether oxygens (including phenoxy) is 1. The number of nitrogens with one attached hydrogen (secondary N) is 2. The largest absolute Gasteiger partial charge is 0.484 e. The Morgan fingerprint density at radius 2 is 2.03 bits per heavy atom. The van der Waals surface area contributed by atoms with Gasteiger partial charge >= 0.3 is 6.18 Å². The Labute approximate surface area is 219 Å². The van der Waals surface area contributed by atoms with Crippen LogP contribution in [0.4, 0.5) is 23.4 Å². The molecule has 0 fully saturated rings. The van der Waals surface area contributed by atoms with Gasteiger partial charge in [0.25, 0.3) is 5.91 Å². The number of aryl methyl sites for hydroxylation is 1. The molecular weight excluding hydrogens is 546 g/mol. The van der Waals surface area contributed by atoms with E-state index in [-0.39, 0.29) is 35.1 Å². The molecule has 10 nitrogen and oxygen atoms in total. The quantitative estimate of drug-likeness (QED) is 0.438. The number of aromatic nitrogens is 3. The number of hydrogen-bond acceptors (Lipinski definition) is 7. The first-order valence-corrected chi connectivity index (χ1v) is 13.7.